The van der Waals surface area contributed by atoms with Crippen molar-refractivity contribution in [2.75, 3.05) is 5.32 Å². The van der Waals surface area contributed by atoms with Crippen LogP contribution in [0.4, 0.5) is 5.69 Å². The summed E-state index contributed by atoms with van der Waals surface area (Å²) in [6, 6.07) is 14.3. The average molecular weight is 296 g/mol. The molecule has 0 fully saturated rings. The minimum absolute atomic E-state index is 0.231. The third kappa shape index (κ3) is 4.29. The van der Waals surface area contributed by atoms with Gasteiger partial charge in [-0.3, -0.25) is 14.8 Å². The van der Waals surface area contributed by atoms with Gasteiger partial charge >= 0.3 is 0 Å². The molecule has 2 rings (SSSR count). The van der Waals surface area contributed by atoms with Gasteiger partial charge in [0.1, 0.15) is 0 Å². The number of hydrogen-bond donors (Lipinski definition) is 3. The molecule has 5 heteroatoms. The molecule has 0 bridgehead atoms. The minimum Gasteiger partial charge on any atom is -0.322 e. The maximum atomic E-state index is 12.2. The van der Waals surface area contributed by atoms with Crippen molar-refractivity contribution in [1.29, 1.82) is 0 Å². The van der Waals surface area contributed by atoms with Gasteiger partial charge in [0.2, 0.25) is 0 Å². The molecule has 112 valence electrons. The number of rotatable bonds is 4. The number of amides is 2. The Morgan fingerprint density at radius 1 is 1.09 bits per heavy atom. The zero-order valence-electron chi connectivity index (χ0n) is 12.0. The highest BCUT2D eigenvalue weighted by molar-refractivity contribution is 6.04. The molecule has 2 amide bonds. The molecule has 5 nitrogen and oxygen atoms in total. The van der Waals surface area contributed by atoms with Gasteiger partial charge in [0, 0.05) is 17.3 Å². The van der Waals surface area contributed by atoms with E-state index in [0.717, 1.165) is 11.3 Å². The summed E-state index contributed by atoms with van der Waals surface area (Å²) in [5.74, 6) is -0.861. The number of carbonyl (C=O) groups is 2. The molecule has 3 N–H and O–H groups in total. The molecule has 2 aromatic carbocycles. The number of nitrogens with one attached hydrogen (secondary N) is 2. The SMILES string of the molecule is Cc1ccc(NC(=O)c2cccc(C=CC(=O)NO)c2)cc1. The van der Waals surface area contributed by atoms with Crippen LogP contribution in [0.1, 0.15) is 21.5 Å². The van der Waals surface area contributed by atoms with Gasteiger partial charge < -0.3 is 5.32 Å². The summed E-state index contributed by atoms with van der Waals surface area (Å²) in [5, 5.41) is 11.2. The van der Waals surface area contributed by atoms with Gasteiger partial charge in [-0.15, -0.1) is 0 Å². The third-order valence-corrected chi connectivity index (χ3v) is 3.00. The maximum Gasteiger partial charge on any atom is 0.267 e. The number of anilines is 1. The highest BCUT2D eigenvalue weighted by Gasteiger charge is 2.06. The van der Waals surface area contributed by atoms with E-state index in [9.17, 15) is 9.59 Å². The first kappa shape index (κ1) is 15.5. The van der Waals surface area contributed by atoms with Crippen LogP contribution in [0.25, 0.3) is 6.08 Å². The lowest BCUT2D eigenvalue weighted by Gasteiger charge is -2.06. The van der Waals surface area contributed by atoms with E-state index in [0.29, 0.717) is 11.1 Å². The van der Waals surface area contributed by atoms with Crippen LogP contribution in [0.2, 0.25) is 0 Å². The lowest BCUT2D eigenvalue weighted by atomic mass is 10.1. The van der Waals surface area contributed by atoms with Crippen molar-refractivity contribution in [2.45, 2.75) is 6.92 Å². The average Bonchev–Trinajstić information content (AvgIpc) is 2.55. The van der Waals surface area contributed by atoms with E-state index >= 15 is 0 Å². The van der Waals surface area contributed by atoms with Crippen LogP contribution in [0, 0.1) is 6.92 Å². The summed E-state index contributed by atoms with van der Waals surface area (Å²) < 4.78 is 0. The Morgan fingerprint density at radius 2 is 1.82 bits per heavy atom. The second-order valence-electron chi connectivity index (χ2n) is 4.75. The molecular weight excluding hydrogens is 280 g/mol. The van der Waals surface area contributed by atoms with E-state index < -0.39 is 5.91 Å². The van der Waals surface area contributed by atoms with Gasteiger partial charge in [0.15, 0.2) is 0 Å². The van der Waals surface area contributed by atoms with E-state index in [2.05, 4.69) is 5.32 Å². The summed E-state index contributed by atoms with van der Waals surface area (Å²) in [7, 11) is 0. The lowest BCUT2D eigenvalue weighted by molar-refractivity contribution is -0.124. The summed E-state index contributed by atoms with van der Waals surface area (Å²) in [5.41, 5.74) is 4.50. The fraction of sp³-hybridized carbons (Fsp3) is 0.0588. The maximum absolute atomic E-state index is 12.2. The largest absolute Gasteiger partial charge is 0.322 e. The van der Waals surface area contributed by atoms with Crippen LogP contribution in [0.3, 0.4) is 0 Å². The Morgan fingerprint density at radius 3 is 2.50 bits per heavy atom. The van der Waals surface area contributed by atoms with Crippen molar-refractivity contribution in [2.24, 2.45) is 0 Å². The van der Waals surface area contributed by atoms with Crippen LogP contribution in [-0.4, -0.2) is 17.0 Å². The van der Waals surface area contributed by atoms with Crippen molar-refractivity contribution in [3.63, 3.8) is 0 Å². The van der Waals surface area contributed by atoms with Gasteiger partial charge in [-0.05, 0) is 42.8 Å². The summed E-state index contributed by atoms with van der Waals surface area (Å²) in [4.78, 5) is 23.1. The predicted molar refractivity (Wildman–Crippen MR) is 84.5 cm³/mol. The molecule has 0 atom stereocenters. The second kappa shape index (κ2) is 7.19. The Bertz CT molecular complexity index is 706. The Labute approximate surface area is 128 Å². The number of carbonyl (C=O) groups excluding carboxylic acids is 2. The van der Waals surface area contributed by atoms with Crippen molar-refractivity contribution >= 4 is 23.6 Å². The summed E-state index contributed by atoms with van der Waals surface area (Å²) in [6.45, 7) is 1.98. The first-order valence-corrected chi connectivity index (χ1v) is 6.69. The van der Waals surface area contributed by atoms with Crippen molar-refractivity contribution in [3.8, 4) is 0 Å². The van der Waals surface area contributed by atoms with Crippen molar-refractivity contribution < 1.29 is 14.8 Å². The monoisotopic (exact) mass is 296 g/mol. The number of benzene rings is 2. The predicted octanol–water partition coefficient (Wildman–Crippen LogP) is 2.77. The molecule has 0 aliphatic heterocycles. The van der Waals surface area contributed by atoms with Crippen molar-refractivity contribution in [1.82, 2.24) is 5.48 Å². The first-order chi connectivity index (χ1) is 10.6. The van der Waals surface area contributed by atoms with Crippen LogP contribution < -0.4 is 10.8 Å². The fourth-order valence-electron chi connectivity index (χ4n) is 1.83. The molecule has 0 aliphatic carbocycles. The quantitative estimate of drug-likeness (QED) is 0.461. The van der Waals surface area contributed by atoms with E-state index in [-0.39, 0.29) is 5.91 Å². The van der Waals surface area contributed by atoms with Crippen LogP contribution in [0.5, 0.6) is 0 Å². The summed E-state index contributed by atoms with van der Waals surface area (Å²) >= 11 is 0. The molecule has 0 unspecified atom stereocenters. The van der Waals surface area contributed by atoms with Gasteiger partial charge in [-0.1, -0.05) is 29.8 Å². The highest BCUT2D eigenvalue weighted by atomic mass is 16.5. The van der Waals surface area contributed by atoms with E-state index in [1.165, 1.54) is 17.6 Å². The number of hydroxylamine groups is 1. The fourth-order valence-corrected chi connectivity index (χ4v) is 1.83. The molecule has 2 aromatic rings. The molecule has 0 aliphatic rings. The molecular formula is C17H16N2O3. The third-order valence-electron chi connectivity index (χ3n) is 3.00. The first-order valence-electron chi connectivity index (χ1n) is 6.69. The van der Waals surface area contributed by atoms with Gasteiger partial charge in [-0.2, -0.15) is 0 Å². The molecule has 0 radical (unpaired) electrons. The minimum atomic E-state index is -0.630. The highest BCUT2D eigenvalue weighted by Crippen LogP contribution is 2.12. The number of hydrogen-bond acceptors (Lipinski definition) is 3. The molecule has 0 saturated carbocycles. The lowest BCUT2D eigenvalue weighted by Crippen LogP contribution is -2.14. The zero-order chi connectivity index (χ0) is 15.9. The Kier molecular flexibility index (Phi) is 5.06. The second-order valence-corrected chi connectivity index (χ2v) is 4.75. The Hall–Kier alpha value is -2.92. The topological polar surface area (TPSA) is 78.4 Å². The van der Waals surface area contributed by atoms with Gasteiger partial charge in [0.05, 0.1) is 0 Å². The standard InChI is InChI=1S/C17H16N2O3/c1-12-5-8-15(9-6-12)18-17(21)14-4-2-3-13(11-14)7-10-16(20)19-22/h2-11,22H,1H3,(H,18,21)(H,19,20). The molecule has 0 aromatic heterocycles. The van der Waals surface area contributed by atoms with E-state index in [1.54, 1.807) is 24.3 Å². The van der Waals surface area contributed by atoms with E-state index in [1.807, 2.05) is 31.2 Å². The van der Waals surface area contributed by atoms with Crippen molar-refractivity contribution in [3.05, 3.63) is 71.3 Å². The summed E-state index contributed by atoms with van der Waals surface area (Å²) in [6.07, 6.45) is 2.69. The van der Waals surface area contributed by atoms with Gasteiger partial charge in [0.25, 0.3) is 11.8 Å². The molecule has 0 saturated heterocycles. The molecule has 0 spiro atoms. The molecule has 22 heavy (non-hydrogen) atoms. The smallest absolute Gasteiger partial charge is 0.267 e. The van der Waals surface area contributed by atoms with Gasteiger partial charge in [-0.25, -0.2) is 5.48 Å². The van der Waals surface area contributed by atoms with Crippen LogP contribution >= 0.6 is 0 Å². The van der Waals surface area contributed by atoms with E-state index in [4.69, 9.17) is 5.21 Å². The zero-order valence-corrected chi connectivity index (χ0v) is 12.0. The number of aryl methyl sites for hydroxylation is 1. The molecule has 0 heterocycles. The van der Waals surface area contributed by atoms with Crippen LogP contribution in [0.15, 0.2) is 54.6 Å². The normalized spacial score (nSPS) is 10.5. The Balaban J connectivity index is 2.11. The van der Waals surface area contributed by atoms with Crippen LogP contribution in [-0.2, 0) is 4.79 Å².